The highest BCUT2D eigenvalue weighted by atomic mass is 16.6. The third-order valence-corrected chi connectivity index (χ3v) is 2.53. The maximum Gasteiger partial charge on any atom is 0.269 e. The van der Waals surface area contributed by atoms with Crippen LogP contribution in [-0.2, 0) is 6.54 Å². The number of rotatable bonds is 4. The highest BCUT2D eigenvalue weighted by molar-refractivity contribution is 5.93. The Hall–Kier alpha value is -2.50. The number of benzene rings is 1. The van der Waals surface area contributed by atoms with E-state index in [1.165, 1.54) is 25.3 Å². The van der Waals surface area contributed by atoms with Gasteiger partial charge in [-0.2, -0.15) is 5.10 Å². The summed E-state index contributed by atoms with van der Waals surface area (Å²) in [5, 5.41) is 14.6. The molecule has 0 spiro atoms. The number of non-ortho nitro benzene ring substituents is 1. The predicted molar refractivity (Wildman–Crippen MR) is 64.4 cm³/mol. The van der Waals surface area contributed by atoms with E-state index >= 15 is 0 Å². The Morgan fingerprint density at radius 2 is 2.06 bits per heavy atom. The lowest BCUT2D eigenvalue weighted by Gasteiger charge is -2.01. The van der Waals surface area contributed by atoms with Crippen LogP contribution in [0.15, 0.2) is 36.7 Å². The molecule has 0 aliphatic heterocycles. The third kappa shape index (κ3) is 2.60. The number of carbonyl (C=O) groups excluding carboxylic acids is 1. The van der Waals surface area contributed by atoms with Gasteiger partial charge in [0.15, 0.2) is 5.78 Å². The van der Waals surface area contributed by atoms with Crippen LogP contribution in [0.2, 0.25) is 0 Å². The average Bonchev–Trinajstić information content (AvgIpc) is 2.78. The fourth-order valence-electron chi connectivity index (χ4n) is 1.54. The number of aromatic nitrogens is 2. The molecule has 1 aromatic carbocycles. The van der Waals surface area contributed by atoms with Crippen molar-refractivity contribution >= 4 is 11.5 Å². The first-order valence-corrected chi connectivity index (χ1v) is 5.33. The Labute approximate surface area is 103 Å². The first kappa shape index (κ1) is 12.0. The molecule has 0 fully saturated rings. The molecule has 1 aromatic heterocycles. The van der Waals surface area contributed by atoms with E-state index in [0.717, 1.165) is 5.56 Å². The summed E-state index contributed by atoms with van der Waals surface area (Å²) in [4.78, 5) is 21.2. The molecule has 2 rings (SSSR count). The maximum atomic E-state index is 11.1. The van der Waals surface area contributed by atoms with Crippen molar-refractivity contribution < 1.29 is 9.72 Å². The zero-order valence-electron chi connectivity index (χ0n) is 9.74. The van der Waals surface area contributed by atoms with Crippen molar-refractivity contribution in [1.82, 2.24) is 9.78 Å². The predicted octanol–water partition coefficient (Wildman–Crippen LogP) is 2.04. The number of nitro benzene ring substituents is 1. The van der Waals surface area contributed by atoms with Gasteiger partial charge in [-0.15, -0.1) is 0 Å². The minimum Gasteiger partial charge on any atom is -0.294 e. The number of hydrogen-bond donors (Lipinski definition) is 0. The Balaban J connectivity index is 2.13. The monoisotopic (exact) mass is 245 g/mol. The summed E-state index contributed by atoms with van der Waals surface area (Å²) in [6.45, 7) is 1.96. The molecule has 6 nitrogen and oxygen atoms in total. The van der Waals surface area contributed by atoms with Crippen LogP contribution in [0.1, 0.15) is 22.8 Å². The minimum atomic E-state index is -0.439. The third-order valence-electron chi connectivity index (χ3n) is 2.53. The van der Waals surface area contributed by atoms with Gasteiger partial charge in [-0.25, -0.2) is 0 Å². The van der Waals surface area contributed by atoms with Crippen molar-refractivity contribution in [2.24, 2.45) is 0 Å². The number of carbonyl (C=O) groups is 1. The lowest BCUT2D eigenvalue weighted by molar-refractivity contribution is -0.384. The van der Waals surface area contributed by atoms with E-state index in [-0.39, 0.29) is 11.5 Å². The van der Waals surface area contributed by atoms with Crippen LogP contribution in [0.25, 0.3) is 0 Å². The van der Waals surface area contributed by atoms with E-state index in [0.29, 0.717) is 12.1 Å². The van der Waals surface area contributed by atoms with Gasteiger partial charge in [0.2, 0.25) is 0 Å². The molecule has 92 valence electrons. The van der Waals surface area contributed by atoms with Crippen LogP contribution in [0.3, 0.4) is 0 Å². The normalized spacial score (nSPS) is 10.3. The molecule has 18 heavy (non-hydrogen) atoms. The summed E-state index contributed by atoms with van der Waals surface area (Å²) in [7, 11) is 0. The van der Waals surface area contributed by atoms with Gasteiger partial charge in [-0.1, -0.05) is 12.1 Å². The van der Waals surface area contributed by atoms with Crippen molar-refractivity contribution in [3.63, 3.8) is 0 Å². The zero-order chi connectivity index (χ0) is 13.1. The van der Waals surface area contributed by atoms with Gasteiger partial charge >= 0.3 is 0 Å². The number of nitrogens with zero attached hydrogens (tertiary/aromatic N) is 3. The van der Waals surface area contributed by atoms with Gasteiger partial charge in [-0.05, 0) is 12.5 Å². The molecule has 0 aliphatic carbocycles. The number of hydrogen-bond acceptors (Lipinski definition) is 4. The second kappa shape index (κ2) is 4.79. The molecule has 0 amide bonds. The van der Waals surface area contributed by atoms with E-state index in [4.69, 9.17) is 0 Å². The summed E-state index contributed by atoms with van der Waals surface area (Å²) in [5.41, 5.74) is 1.50. The first-order valence-electron chi connectivity index (χ1n) is 5.33. The van der Waals surface area contributed by atoms with Crippen molar-refractivity contribution in [3.05, 3.63) is 57.9 Å². The summed E-state index contributed by atoms with van der Waals surface area (Å²) in [5.74, 6) is -0.0371. The molecule has 0 saturated carbocycles. The average molecular weight is 245 g/mol. The summed E-state index contributed by atoms with van der Waals surface area (Å²) in [6.07, 6.45) is 3.16. The molecule has 0 saturated heterocycles. The SMILES string of the molecule is CC(=O)c1cnn(Cc2ccc([N+](=O)[O-])cc2)c1. The molecule has 0 atom stereocenters. The van der Waals surface area contributed by atoms with Crippen LogP contribution >= 0.6 is 0 Å². The van der Waals surface area contributed by atoms with E-state index < -0.39 is 4.92 Å². The molecule has 0 bridgehead atoms. The van der Waals surface area contributed by atoms with Gasteiger partial charge in [-0.3, -0.25) is 19.6 Å². The van der Waals surface area contributed by atoms with Crippen LogP contribution in [0.4, 0.5) is 5.69 Å². The fraction of sp³-hybridized carbons (Fsp3) is 0.167. The summed E-state index contributed by atoms with van der Waals surface area (Å²) < 4.78 is 1.62. The largest absolute Gasteiger partial charge is 0.294 e. The molecular formula is C12H11N3O3. The molecule has 0 N–H and O–H groups in total. The molecule has 0 unspecified atom stereocenters. The number of Topliss-reactive ketones (excluding diaryl/α,β-unsaturated/α-hetero) is 1. The van der Waals surface area contributed by atoms with Crippen LogP contribution in [0, 0.1) is 10.1 Å². The second-order valence-corrected chi connectivity index (χ2v) is 3.91. The highest BCUT2D eigenvalue weighted by Gasteiger charge is 2.06. The number of nitro groups is 1. The highest BCUT2D eigenvalue weighted by Crippen LogP contribution is 2.12. The Bertz CT molecular complexity index is 587. The van der Waals surface area contributed by atoms with Gasteiger partial charge in [0, 0.05) is 18.3 Å². The maximum absolute atomic E-state index is 11.1. The van der Waals surface area contributed by atoms with E-state index in [1.807, 2.05) is 0 Å². The van der Waals surface area contributed by atoms with Gasteiger partial charge in [0.1, 0.15) is 0 Å². The summed E-state index contributed by atoms with van der Waals surface area (Å²) >= 11 is 0. The second-order valence-electron chi connectivity index (χ2n) is 3.91. The van der Waals surface area contributed by atoms with Crippen molar-refractivity contribution in [1.29, 1.82) is 0 Å². The van der Waals surface area contributed by atoms with Crippen molar-refractivity contribution in [2.45, 2.75) is 13.5 Å². The van der Waals surface area contributed by atoms with Crippen LogP contribution in [-0.4, -0.2) is 20.5 Å². The first-order chi connectivity index (χ1) is 8.56. The van der Waals surface area contributed by atoms with Gasteiger partial charge in [0.05, 0.1) is 23.2 Å². The van der Waals surface area contributed by atoms with Crippen molar-refractivity contribution in [3.8, 4) is 0 Å². The van der Waals surface area contributed by atoms with E-state index in [2.05, 4.69) is 5.10 Å². The Morgan fingerprint density at radius 1 is 1.39 bits per heavy atom. The van der Waals surface area contributed by atoms with Crippen LogP contribution < -0.4 is 0 Å². The minimum absolute atomic E-state index is 0.0371. The molecule has 0 aliphatic rings. The van der Waals surface area contributed by atoms with Gasteiger partial charge in [0.25, 0.3) is 5.69 Å². The summed E-state index contributed by atoms with van der Waals surface area (Å²) in [6, 6.07) is 6.25. The lowest BCUT2D eigenvalue weighted by atomic mass is 10.2. The number of ketones is 1. The Morgan fingerprint density at radius 3 is 2.56 bits per heavy atom. The van der Waals surface area contributed by atoms with Crippen molar-refractivity contribution in [2.75, 3.05) is 0 Å². The molecule has 2 aromatic rings. The quantitative estimate of drug-likeness (QED) is 0.469. The standard InChI is InChI=1S/C12H11N3O3/c1-9(16)11-6-13-14(8-11)7-10-2-4-12(5-3-10)15(17)18/h2-6,8H,7H2,1H3. The molecule has 0 radical (unpaired) electrons. The van der Waals surface area contributed by atoms with Gasteiger partial charge < -0.3 is 0 Å². The molecular weight excluding hydrogens is 234 g/mol. The smallest absolute Gasteiger partial charge is 0.269 e. The van der Waals surface area contributed by atoms with Crippen LogP contribution in [0.5, 0.6) is 0 Å². The molecule has 1 heterocycles. The zero-order valence-corrected chi connectivity index (χ0v) is 9.74. The lowest BCUT2D eigenvalue weighted by Crippen LogP contribution is -2.00. The Kier molecular flexibility index (Phi) is 3.18. The van der Waals surface area contributed by atoms with E-state index in [9.17, 15) is 14.9 Å². The topological polar surface area (TPSA) is 78.0 Å². The van der Waals surface area contributed by atoms with E-state index in [1.54, 1.807) is 23.0 Å². The fourth-order valence-corrected chi connectivity index (χ4v) is 1.54. The molecule has 6 heteroatoms.